The first-order valence-electron chi connectivity index (χ1n) is 7.23. The van der Waals surface area contributed by atoms with Gasteiger partial charge in [0.1, 0.15) is 10.6 Å². The van der Waals surface area contributed by atoms with Crippen molar-refractivity contribution in [2.45, 2.75) is 25.8 Å². The SMILES string of the molecule is Cc1cc2c(N3CCN(C4CC4)CC3)nc(N)nc2s1. The van der Waals surface area contributed by atoms with E-state index < -0.39 is 0 Å². The van der Waals surface area contributed by atoms with Crippen LogP contribution in [0.2, 0.25) is 0 Å². The minimum absolute atomic E-state index is 0.388. The molecule has 106 valence electrons. The molecule has 2 N–H and O–H groups in total. The highest BCUT2D eigenvalue weighted by Crippen LogP contribution is 2.33. The lowest BCUT2D eigenvalue weighted by atomic mass is 10.2. The highest BCUT2D eigenvalue weighted by Gasteiger charge is 2.31. The van der Waals surface area contributed by atoms with E-state index in [0.717, 1.165) is 48.3 Å². The third kappa shape index (κ3) is 2.13. The molecule has 2 aromatic rings. The zero-order valence-corrected chi connectivity index (χ0v) is 12.5. The largest absolute Gasteiger partial charge is 0.368 e. The molecule has 0 spiro atoms. The van der Waals surface area contributed by atoms with Crippen LogP contribution in [-0.2, 0) is 0 Å². The number of nitrogens with two attached hydrogens (primary N) is 1. The summed E-state index contributed by atoms with van der Waals surface area (Å²) in [6.07, 6.45) is 2.77. The summed E-state index contributed by atoms with van der Waals surface area (Å²) in [6.45, 7) is 6.46. The molecular weight excluding hydrogens is 270 g/mol. The molecule has 4 rings (SSSR count). The van der Waals surface area contributed by atoms with Crippen LogP contribution in [0.5, 0.6) is 0 Å². The van der Waals surface area contributed by atoms with Gasteiger partial charge in [0.25, 0.3) is 0 Å². The third-order valence-corrected chi connectivity index (χ3v) is 5.13. The van der Waals surface area contributed by atoms with Gasteiger partial charge in [-0.25, -0.2) is 4.98 Å². The zero-order chi connectivity index (χ0) is 13.7. The summed E-state index contributed by atoms with van der Waals surface area (Å²) >= 11 is 1.69. The van der Waals surface area contributed by atoms with Crippen LogP contribution in [0.3, 0.4) is 0 Å². The van der Waals surface area contributed by atoms with E-state index in [1.165, 1.54) is 17.7 Å². The number of thiophene rings is 1. The second-order valence-corrected chi connectivity index (χ2v) is 6.97. The summed E-state index contributed by atoms with van der Waals surface area (Å²) < 4.78 is 0. The van der Waals surface area contributed by atoms with Gasteiger partial charge in [-0.1, -0.05) is 0 Å². The van der Waals surface area contributed by atoms with Crippen molar-refractivity contribution in [3.05, 3.63) is 10.9 Å². The molecule has 1 aliphatic heterocycles. The molecule has 2 aromatic heterocycles. The summed E-state index contributed by atoms with van der Waals surface area (Å²) in [5.74, 6) is 1.41. The summed E-state index contributed by atoms with van der Waals surface area (Å²) in [4.78, 5) is 16.1. The standard InChI is InChI=1S/C14H19N5S/c1-9-8-11-12(16-14(15)17-13(11)20-9)19-6-4-18(5-7-19)10-2-3-10/h8,10H,2-7H2,1H3,(H2,15,16,17). The van der Waals surface area contributed by atoms with Crippen LogP contribution in [0, 0.1) is 6.92 Å². The van der Waals surface area contributed by atoms with Gasteiger partial charge in [0.15, 0.2) is 0 Å². The molecule has 0 unspecified atom stereocenters. The number of hydrogen-bond acceptors (Lipinski definition) is 6. The molecule has 0 radical (unpaired) electrons. The van der Waals surface area contributed by atoms with Gasteiger partial charge in [-0.15, -0.1) is 11.3 Å². The van der Waals surface area contributed by atoms with Gasteiger partial charge in [0.2, 0.25) is 5.95 Å². The number of aromatic nitrogens is 2. The predicted octanol–water partition coefficient (Wildman–Crippen LogP) is 1.87. The van der Waals surface area contributed by atoms with E-state index in [1.54, 1.807) is 11.3 Å². The summed E-state index contributed by atoms with van der Waals surface area (Å²) in [5, 5.41) is 1.15. The predicted molar refractivity (Wildman–Crippen MR) is 83.4 cm³/mol. The third-order valence-electron chi connectivity index (χ3n) is 4.19. The Balaban J connectivity index is 1.64. The number of nitrogens with zero attached hydrogens (tertiary/aromatic N) is 4. The molecule has 0 bridgehead atoms. The Morgan fingerprint density at radius 3 is 2.65 bits per heavy atom. The lowest BCUT2D eigenvalue weighted by Gasteiger charge is -2.35. The van der Waals surface area contributed by atoms with Crippen molar-refractivity contribution in [3.8, 4) is 0 Å². The van der Waals surface area contributed by atoms with E-state index in [1.807, 2.05) is 0 Å². The molecule has 1 aliphatic carbocycles. The zero-order valence-electron chi connectivity index (χ0n) is 11.7. The van der Waals surface area contributed by atoms with E-state index in [9.17, 15) is 0 Å². The van der Waals surface area contributed by atoms with Crippen molar-refractivity contribution in [3.63, 3.8) is 0 Å². The average molecular weight is 289 g/mol. The fraction of sp³-hybridized carbons (Fsp3) is 0.571. The first kappa shape index (κ1) is 12.3. The first-order chi connectivity index (χ1) is 9.70. The quantitative estimate of drug-likeness (QED) is 0.914. The van der Waals surface area contributed by atoms with Gasteiger partial charge in [-0.3, -0.25) is 4.90 Å². The van der Waals surface area contributed by atoms with Crippen molar-refractivity contribution >= 4 is 33.3 Å². The second-order valence-electron chi connectivity index (χ2n) is 5.74. The normalized spacial score (nSPS) is 20.8. The number of anilines is 2. The number of aryl methyl sites for hydroxylation is 1. The van der Waals surface area contributed by atoms with E-state index in [4.69, 9.17) is 5.73 Å². The van der Waals surface area contributed by atoms with Crippen LogP contribution < -0.4 is 10.6 Å². The van der Waals surface area contributed by atoms with Crippen LogP contribution in [0.1, 0.15) is 17.7 Å². The van der Waals surface area contributed by atoms with Gasteiger partial charge in [-0.05, 0) is 25.8 Å². The van der Waals surface area contributed by atoms with Crippen LogP contribution in [-0.4, -0.2) is 47.1 Å². The van der Waals surface area contributed by atoms with Crippen molar-refractivity contribution in [2.24, 2.45) is 0 Å². The summed E-state index contributed by atoms with van der Waals surface area (Å²) in [7, 11) is 0. The molecule has 1 saturated carbocycles. The Morgan fingerprint density at radius 1 is 1.20 bits per heavy atom. The van der Waals surface area contributed by atoms with Gasteiger partial charge in [0, 0.05) is 37.1 Å². The fourth-order valence-corrected chi connectivity index (χ4v) is 3.90. The van der Waals surface area contributed by atoms with Gasteiger partial charge in [-0.2, -0.15) is 4.98 Å². The van der Waals surface area contributed by atoms with Gasteiger partial charge < -0.3 is 10.6 Å². The van der Waals surface area contributed by atoms with Crippen molar-refractivity contribution in [1.82, 2.24) is 14.9 Å². The Labute approximate surface area is 122 Å². The highest BCUT2D eigenvalue weighted by atomic mass is 32.1. The van der Waals surface area contributed by atoms with E-state index >= 15 is 0 Å². The fourth-order valence-electron chi connectivity index (χ4n) is 3.02. The van der Waals surface area contributed by atoms with Gasteiger partial charge >= 0.3 is 0 Å². The van der Waals surface area contributed by atoms with Gasteiger partial charge in [0.05, 0.1) is 5.39 Å². The van der Waals surface area contributed by atoms with Crippen molar-refractivity contribution < 1.29 is 0 Å². The maximum atomic E-state index is 5.87. The maximum Gasteiger partial charge on any atom is 0.223 e. The Morgan fingerprint density at radius 2 is 1.95 bits per heavy atom. The Kier molecular flexibility index (Phi) is 2.82. The molecule has 2 fully saturated rings. The monoisotopic (exact) mass is 289 g/mol. The van der Waals surface area contributed by atoms with E-state index in [0.29, 0.717) is 5.95 Å². The number of nitrogen functional groups attached to an aromatic ring is 1. The number of piperazine rings is 1. The smallest absolute Gasteiger partial charge is 0.223 e. The summed E-state index contributed by atoms with van der Waals surface area (Å²) in [6, 6.07) is 3.04. The molecule has 6 heteroatoms. The summed E-state index contributed by atoms with van der Waals surface area (Å²) in [5.41, 5.74) is 5.87. The lowest BCUT2D eigenvalue weighted by molar-refractivity contribution is 0.248. The maximum absolute atomic E-state index is 5.87. The van der Waals surface area contributed by atoms with Crippen LogP contribution in [0.25, 0.3) is 10.2 Å². The molecule has 0 aromatic carbocycles. The first-order valence-corrected chi connectivity index (χ1v) is 8.05. The van der Waals surface area contributed by atoms with Crippen LogP contribution in [0.15, 0.2) is 6.07 Å². The number of rotatable bonds is 2. The molecule has 20 heavy (non-hydrogen) atoms. The van der Waals surface area contributed by atoms with E-state index in [-0.39, 0.29) is 0 Å². The minimum Gasteiger partial charge on any atom is -0.368 e. The van der Waals surface area contributed by atoms with E-state index in [2.05, 4.69) is 32.8 Å². The molecular formula is C14H19N5S. The number of fused-ring (bicyclic) bond motifs is 1. The van der Waals surface area contributed by atoms with Crippen LogP contribution in [0.4, 0.5) is 11.8 Å². The topological polar surface area (TPSA) is 58.3 Å². The molecule has 1 saturated heterocycles. The average Bonchev–Trinajstić information content (AvgIpc) is 3.21. The highest BCUT2D eigenvalue weighted by molar-refractivity contribution is 7.18. The Bertz CT molecular complexity index is 640. The van der Waals surface area contributed by atoms with Crippen LogP contribution >= 0.6 is 11.3 Å². The molecule has 3 heterocycles. The molecule has 2 aliphatic rings. The lowest BCUT2D eigenvalue weighted by Crippen LogP contribution is -2.47. The molecule has 5 nitrogen and oxygen atoms in total. The number of hydrogen-bond donors (Lipinski definition) is 1. The Hall–Kier alpha value is -1.40. The molecule has 0 atom stereocenters. The van der Waals surface area contributed by atoms with Crippen molar-refractivity contribution in [2.75, 3.05) is 36.8 Å². The second kappa shape index (κ2) is 4.56. The van der Waals surface area contributed by atoms with Crippen molar-refractivity contribution in [1.29, 1.82) is 0 Å². The molecule has 0 amide bonds. The minimum atomic E-state index is 0.388.